The van der Waals surface area contributed by atoms with Gasteiger partial charge < -0.3 is 15.4 Å². The summed E-state index contributed by atoms with van der Waals surface area (Å²) >= 11 is 5.92. The molecule has 0 aliphatic heterocycles. The number of esters is 1. The first-order chi connectivity index (χ1) is 8.52. The number of ether oxygens (including phenoxy) is 1. The summed E-state index contributed by atoms with van der Waals surface area (Å²) in [4.78, 5) is 22.5. The third-order valence-electron chi connectivity index (χ3n) is 2.13. The Balaban J connectivity index is 2.44. The van der Waals surface area contributed by atoms with Crippen LogP contribution in [0, 0.1) is 6.92 Å². The normalized spacial score (nSPS) is 9.72. The molecule has 0 aliphatic carbocycles. The number of nitrogens with one attached hydrogen (secondary N) is 2. The molecule has 0 unspecified atom stereocenters. The molecule has 1 rings (SSSR count). The van der Waals surface area contributed by atoms with Gasteiger partial charge in [0.1, 0.15) is 6.54 Å². The largest absolute Gasteiger partial charge is 0.465 e. The van der Waals surface area contributed by atoms with Crippen LogP contribution in [-0.4, -0.2) is 25.2 Å². The summed E-state index contributed by atoms with van der Waals surface area (Å²) in [6.45, 7) is 3.69. The predicted molar refractivity (Wildman–Crippen MR) is 69.8 cm³/mol. The van der Waals surface area contributed by atoms with Crippen LogP contribution in [0.2, 0.25) is 5.02 Å². The lowest BCUT2D eigenvalue weighted by Gasteiger charge is -2.08. The fourth-order valence-corrected chi connectivity index (χ4v) is 1.39. The molecule has 0 fully saturated rings. The van der Waals surface area contributed by atoms with Crippen LogP contribution in [0.4, 0.5) is 10.5 Å². The Morgan fingerprint density at radius 2 is 2.11 bits per heavy atom. The Morgan fingerprint density at radius 1 is 1.39 bits per heavy atom. The molecule has 0 saturated heterocycles. The second-order valence-corrected chi connectivity index (χ2v) is 3.98. The van der Waals surface area contributed by atoms with Crippen molar-refractivity contribution >= 4 is 29.3 Å². The molecule has 0 spiro atoms. The maximum absolute atomic E-state index is 11.4. The van der Waals surface area contributed by atoms with Crippen LogP contribution >= 0.6 is 11.6 Å². The van der Waals surface area contributed by atoms with Gasteiger partial charge in [0.2, 0.25) is 0 Å². The molecule has 1 aromatic carbocycles. The summed E-state index contributed by atoms with van der Waals surface area (Å²) in [5.74, 6) is -0.477. The molecular formula is C12H15ClN2O3. The zero-order chi connectivity index (χ0) is 13.5. The number of carbonyl (C=O) groups is 2. The Labute approximate surface area is 110 Å². The number of urea groups is 1. The summed E-state index contributed by atoms with van der Waals surface area (Å²) in [7, 11) is 0. The van der Waals surface area contributed by atoms with Gasteiger partial charge in [-0.05, 0) is 31.5 Å². The van der Waals surface area contributed by atoms with E-state index in [2.05, 4.69) is 15.4 Å². The minimum Gasteiger partial charge on any atom is -0.465 e. The highest BCUT2D eigenvalue weighted by atomic mass is 35.5. The molecule has 2 N–H and O–H groups in total. The fraction of sp³-hybridized carbons (Fsp3) is 0.333. The second-order valence-electron chi connectivity index (χ2n) is 3.58. The maximum atomic E-state index is 11.4. The number of hydrogen-bond donors (Lipinski definition) is 2. The maximum Gasteiger partial charge on any atom is 0.325 e. The average molecular weight is 271 g/mol. The van der Waals surface area contributed by atoms with Gasteiger partial charge in [0.05, 0.1) is 6.61 Å². The molecule has 5 nitrogen and oxygen atoms in total. The molecule has 1 aromatic rings. The van der Waals surface area contributed by atoms with Crippen LogP contribution in [0.15, 0.2) is 18.2 Å². The number of amides is 2. The van der Waals surface area contributed by atoms with Crippen molar-refractivity contribution in [3.8, 4) is 0 Å². The molecule has 0 aliphatic rings. The van der Waals surface area contributed by atoms with Gasteiger partial charge in [0.15, 0.2) is 0 Å². The topological polar surface area (TPSA) is 67.4 Å². The quantitative estimate of drug-likeness (QED) is 0.825. The van der Waals surface area contributed by atoms with E-state index in [9.17, 15) is 9.59 Å². The summed E-state index contributed by atoms with van der Waals surface area (Å²) in [5, 5.41) is 5.52. The Morgan fingerprint density at radius 3 is 2.72 bits per heavy atom. The first kappa shape index (κ1) is 14.3. The van der Waals surface area contributed by atoms with Crippen molar-refractivity contribution in [2.45, 2.75) is 13.8 Å². The van der Waals surface area contributed by atoms with E-state index in [1.807, 2.05) is 6.92 Å². The summed E-state index contributed by atoms with van der Waals surface area (Å²) in [6.07, 6.45) is 0. The van der Waals surface area contributed by atoms with Crippen molar-refractivity contribution in [2.75, 3.05) is 18.5 Å². The Hall–Kier alpha value is -1.75. The highest BCUT2D eigenvalue weighted by Crippen LogP contribution is 2.19. The van der Waals surface area contributed by atoms with Crippen molar-refractivity contribution in [1.82, 2.24) is 5.32 Å². The molecule has 0 atom stereocenters. The van der Waals surface area contributed by atoms with Gasteiger partial charge in [-0.3, -0.25) is 4.79 Å². The number of anilines is 1. The minimum absolute atomic E-state index is 0.167. The highest BCUT2D eigenvalue weighted by molar-refractivity contribution is 6.31. The smallest absolute Gasteiger partial charge is 0.325 e. The monoisotopic (exact) mass is 270 g/mol. The number of benzene rings is 1. The summed E-state index contributed by atoms with van der Waals surface area (Å²) in [5.41, 5.74) is 1.49. The van der Waals surface area contributed by atoms with E-state index in [1.54, 1.807) is 25.1 Å². The lowest BCUT2D eigenvalue weighted by atomic mass is 10.2. The number of aryl methyl sites for hydroxylation is 1. The number of rotatable bonds is 4. The first-order valence-corrected chi connectivity index (χ1v) is 5.87. The van der Waals surface area contributed by atoms with Crippen molar-refractivity contribution in [1.29, 1.82) is 0 Å². The van der Waals surface area contributed by atoms with E-state index in [4.69, 9.17) is 11.6 Å². The number of carbonyl (C=O) groups excluding carboxylic acids is 2. The van der Waals surface area contributed by atoms with Crippen molar-refractivity contribution in [2.24, 2.45) is 0 Å². The van der Waals surface area contributed by atoms with Crippen molar-refractivity contribution < 1.29 is 14.3 Å². The molecule has 0 radical (unpaired) electrons. The molecule has 0 saturated carbocycles. The third kappa shape index (κ3) is 4.63. The zero-order valence-corrected chi connectivity index (χ0v) is 11.0. The molecule has 0 bridgehead atoms. The zero-order valence-electron chi connectivity index (χ0n) is 10.2. The Kier molecular flexibility index (Phi) is 5.45. The third-order valence-corrected chi connectivity index (χ3v) is 2.54. The van der Waals surface area contributed by atoms with Gasteiger partial charge >= 0.3 is 12.0 Å². The molecular weight excluding hydrogens is 256 g/mol. The van der Waals surface area contributed by atoms with Gasteiger partial charge in [0, 0.05) is 10.7 Å². The average Bonchev–Trinajstić information content (AvgIpc) is 2.32. The molecule has 6 heteroatoms. The van der Waals surface area contributed by atoms with Crippen LogP contribution < -0.4 is 10.6 Å². The van der Waals surface area contributed by atoms with E-state index < -0.39 is 12.0 Å². The van der Waals surface area contributed by atoms with Gasteiger partial charge in [-0.2, -0.15) is 0 Å². The van der Waals surface area contributed by atoms with Crippen LogP contribution in [0.1, 0.15) is 12.5 Å². The van der Waals surface area contributed by atoms with Crippen LogP contribution in [-0.2, 0) is 9.53 Å². The summed E-state index contributed by atoms with van der Waals surface area (Å²) < 4.78 is 4.67. The molecule has 0 aromatic heterocycles. The minimum atomic E-state index is -0.483. The number of hydrogen-bond acceptors (Lipinski definition) is 3. The van der Waals surface area contributed by atoms with Crippen molar-refractivity contribution in [3.63, 3.8) is 0 Å². The van der Waals surface area contributed by atoms with E-state index in [0.29, 0.717) is 10.7 Å². The van der Waals surface area contributed by atoms with E-state index in [1.165, 1.54) is 0 Å². The standard InChI is InChI=1S/C12H15ClN2O3/c1-3-18-11(16)7-14-12(17)15-9-5-4-8(2)10(13)6-9/h4-6H,3,7H2,1-2H3,(H2,14,15,17). The number of halogens is 1. The molecule has 98 valence electrons. The second kappa shape index (κ2) is 6.86. The SMILES string of the molecule is CCOC(=O)CNC(=O)Nc1ccc(C)c(Cl)c1. The van der Waals surface area contributed by atoms with Crippen LogP contribution in [0.5, 0.6) is 0 Å². The molecule has 0 heterocycles. The predicted octanol–water partition coefficient (Wildman–Crippen LogP) is 2.33. The highest BCUT2D eigenvalue weighted by Gasteiger charge is 2.06. The van der Waals surface area contributed by atoms with E-state index in [0.717, 1.165) is 5.56 Å². The lowest BCUT2D eigenvalue weighted by Crippen LogP contribution is -2.34. The van der Waals surface area contributed by atoms with Gasteiger partial charge in [0.25, 0.3) is 0 Å². The molecule has 18 heavy (non-hydrogen) atoms. The van der Waals surface area contributed by atoms with E-state index in [-0.39, 0.29) is 13.2 Å². The van der Waals surface area contributed by atoms with Crippen LogP contribution in [0.25, 0.3) is 0 Å². The van der Waals surface area contributed by atoms with Gasteiger partial charge in [-0.25, -0.2) is 4.79 Å². The lowest BCUT2D eigenvalue weighted by molar-refractivity contribution is -0.141. The summed E-state index contributed by atoms with van der Waals surface area (Å²) in [6, 6.07) is 4.68. The fourth-order valence-electron chi connectivity index (χ4n) is 1.21. The van der Waals surface area contributed by atoms with E-state index >= 15 is 0 Å². The van der Waals surface area contributed by atoms with Gasteiger partial charge in [-0.1, -0.05) is 17.7 Å². The van der Waals surface area contributed by atoms with Gasteiger partial charge in [-0.15, -0.1) is 0 Å². The first-order valence-electron chi connectivity index (χ1n) is 5.49. The van der Waals surface area contributed by atoms with Crippen LogP contribution in [0.3, 0.4) is 0 Å². The molecule has 2 amide bonds. The van der Waals surface area contributed by atoms with Crippen molar-refractivity contribution in [3.05, 3.63) is 28.8 Å². The Bertz CT molecular complexity index is 449.